The van der Waals surface area contributed by atoms with Crippen LogP contribution >= 0.6 is 11.6 Å². The lowest BCUT2D eigenvalue weighted by molar-refractivity contribution is 0.536. The third kappa shape index (κ3) is 3.28. The van der Waals surface area contributed by atoms with E-state index >= 15 is 0 Å². The van der Waals surface area contributed by atoms with E-state index in [1.807, 2.05) is 25.1 Å². The Kier molecular flexibility index (Phi) is 4.28. The number of halogens is 2. The molecule has 4 heteroatoms. The Morgan fingerprint density at radius 3 is 2.89 bits per heavy atom. The van der Waals surface area contributed by atoms with Crippen LogP contribution in [0, 0.1) is 5.82 Å². The molecule has 0 spiro atoms. The second-order valence-corrected chi connectivity index (χ2v) is 4.53. The minimum absolute atomic E-state index is 0.0598. The molecule has 0 aliphatic heterocycles. The van der Waals surface area contributed by atoms with E-state index in [2.05, 4.69) is 10.3 Å². The van der Waals surface area contributed by atoms with Crippen LogP contribution in [0.4, 0.5) is 4.39 Å². The van der Waals surface area contributed by atoms with Crippen molar-refractivity contribution in [3.05, 3.63) is 64.7 Å². The van der Waals surface area contributed by atoms with Crippen molar-refractivity contribution in [2.24, 2.45) is 0 Å². The molecule has 1 N–H and O–H groups in total. The minimum atomic E-state index is -0.250. The second kappa shape index (κ2) is 5.94. The van der Waals surface area contributed by atoms with Gasteiger partial charge in [0.05, 0.1) is 5.69 Å². The molecule has 94 valence electrons. The van der Waals surface area contributed by atoms with Crippen LogP contribution in [0.3, 0.4) is 0 Å². The monoisotopic (exact) mass is 264 g/mol. The van der Waals surface area contributed by atoms with Crippen molar-refractivity contribution < 1.29 is 4.39 Å². The molecule has 0 saturated heterocycles. The number of benzene rings is 1. The molecule has 0 amide bonds. The first-order valence-corrected chi connectivity index (χ1v) is 6.13. The van der Waals surface area contributed by atoms with E-state index in [1.165, 1.54) is 6.07 Å². The van der Waals surface area contributed by atoms with Gasteiger partial charge in [0.2, 0.25) is 0 Å². The predicted octanol–water partition coefficient (Wildman–Crippen LogP) is 3.72. The summed E-state index contributed by atoms with van der Waals surface area (Å²) in [6, 6.07) is 10.4. The number of rotatable bonds is 4. The largest absolute Gasteiger partial charge is 0.305 e. The molecule has 1 aromatic heterocycles. The van der Waals surface area contributed by atoms with E-state index in [0.717, 1.165) is 5.69 Å². The van der Waals surface area contributed by atoms with Gasteiger partial charge in [-0.05, 0) is 37.3 Å². The number of aromatic nitrogens is 1. The molecule has 0 fully saturated rings. The zero-order valence-electron chi connectivity index (χ0n) is 10.0. The summed E-state index contributed by atoms with van der Waals surface area (Å²) in [5.41, 5.74) is 1.49. The third-order valence-electron chi connectivity index (χ3n) is 2.74. The van der Waals surface area contributed by atoms with Crippen LogP contribution in [-0.4, -0.2) is 4.98 Å². The Balaban J connectivity index is 2.01. The first-order valence-electron chi connectivity index (χ1n) is 5.75. The average molecular weight is 265 g/mol. The number of pyridine rings is 1. The van der Waals surface area contributed by atoms with E-state index < -0.39 is 0 Å². The molecule has 1 atom stereocenters. The molecular formula is C14H14ClFN2. The summed E-state index contributed by atoms with van der Waals surface area (Å²) in [5.74, 6) is -0.250. The van der Waals surface area contributed by atoms with Crippen molar-refractivity contribution in [2.75, 3.05) is 0 Å². The summed E-state index contributed by atoms with van der Waals surface area (Å²) in [5, 5.41) is 3.76. The lowest BCUT2D eigenvalue weighted by Crippen LogP contribution is -2.19. The number of nitrogens with one attached hydrogen (secondary N) is 1. The summed E-state index contributed by atoms with van der Waals surface area (Å²) in [4.78, 5) is 4.25. The zero-order chi connectivity index (χ0) is 13.0. The lowest BCUT2D eigenvalue weighted by atomic mass is 10.1. The molecule has 0 radical (unpaired) electrons. The van der Waals surface area contributed by atoms with Crippen LogP contribution in [0.1, 0.15) is 24.2 Å². The van der Waals surface area contributed by atoms with Gasteiger partial charge in [0, 0.05) is 29.4 Å². The summed E-state index contributed by atoms with van der Waals surface area (Å²) < 4.78 is 13.5. The summed E-state index contributed by atoms with van der Waals surface area (Å²) >= 11 is 5.84. The minimum Gasteiger partial charge on any atom is -0.305 e. The standard InChI is InChI=1S/C14H14ClFN2/c1-10(14-4-2-3-7-17-14)18-9-11-8-12(15)5-6-13(11)16/h2-8,10,18H,9H2,1H3. The van der Waals surface area contributed by atoms with Gasteiger partial charge in [-0.1, -0.05) is 17.7 Å². The Bertz CT molecular complexity index is 516. The van der Waals surface area contributed by atoms with Crippen LogP contribution in [0.2, 0.25) is 5.02 Å². The van der Waals surface area contributed by atoms with Crippen molar-refractivity contribution in [1.29, 1.82) is 0 Å². The molecule has 1 unspecified atom stereocenters. The van der Waals surface area contributed by atoms with Crippen molar-refractivity contribution in [3.8, 4) is 0 Å². The lowest BCUT2D eigenvalue weighted by Gasteiger charge is -2.13. The molecule has 0 saturated carbocycles. The van der Waals surface area contributed by atoms with Gasteiger partial charge < -0.3 is 5.32 Å². The molecule has 1 aromatic carbocycles. The molecule has 18 heavy (non-hydrogen) atoms. The fourth-order valence-electron chi connectivity index (χ4n) is 1.68. The van der Waals surface area contributed by atoms with Crippen molar-refractivity contribution in [2.45, 2.75) is 19.5 Å². The smallest absolute Gasteiger partial charge is 0.127 e. The van der Waals surface area contributed by atoms with Crippen LogP contribution in [0.15, 0.2) is 42.6 Å². The Morgan fingerprint density at radius 1 is 1.33 bits per heavy atom. The van der Waals surface area contributed by atoms with Gasteiger partial charge in [0.25, 0.3) is 0 Å². The van der Waals surface area contributed by atoms with E-state index in [-0.39, 0.29) is 11.9 Å². The summed E-state index contributed by atoms with van der Waals surface area (Å²) in [7, 11) is 0. The van der Waals surface area contributed by atoms with E-state index in [0.29, 0.717) is 17.1 Å². The van der Waals surface area contributed by atoms with E-state index in [4.69, 9.17) is 11.6 Å². The highest BCUT2D eigenvalue weighted by atomic mass is 35.5. The molecule has 2 nitrogen and oxygen atoms in total. The highest BCUT2D eigenvalue weighted by Crippen LogP contribution is 2.16. The summed E-state index contributed by atoms with van der Waals surface area (Å²) in [6.45, 7) is 2.41. The molecule has 1 heterocycles. The van der Waals surface area contributed by atoms with Gasteiger partial charge in [-0.2, -0.15) is 0 Å². The average Bonchev–Trinajstić information content (AvgIpc) is 2.40. The molecular weight excluding hydrogens is 251 g/mol. The van der Waals surface area contributed by atoms with Crippen LogP contribution in [0.5, 0.6) is 0 Å². The predicted molar refractivity (Wildman–Crippen MR) is 70.9 cm³/mol. The maximum absolute atomic E-state index is 13.5. The summed E-state index contributed by atoms with van der Waals surface area (Å²) in [6.07, 6.45) is 1.74. The normalized spacial score (nSPS) is 12.4. The molecule has 0 aliphatic rings. The number of hydrogen-bond donors (Lipinski definition) is 1. The van der Waals surface area contributed by atoms with Crippen LogP contribution in [0.25, 0.3) is 0 Å². The molecule has 0 aliphatic carbocycles. The number of nitrogens with zero attached hydrogens (tertiary/aromatic N) is 1. The van der Waals surface area contributed by atoms with Crippen LogP contribution < -0.4 is 5.32 Å². The Labute approximate surface area is 111 Å². The highest BCUT2D eigenvalue weighted by molar-refractivity contribution is 6.30. The van der Waals surface area contributed by atoms with Crippen molar-refractivity contribution in [3.63, 3.8) is 0 Å². The molecule has 0 bridgehead atoms. The Hall–Kier alpha value is -1.45. The first-order chi connectivity index (χ1) is 8.66. The maximum atomic E-state index is 13.5. The van der Waals surface area contributed by atoms with Gasteiger partial charge in [0.15, 0.2) is 0 Å². The van der Waals surface area contributed by atoms with Gasteiger partial charge in [-0.3, -0.25) is 4.98 Å². The quantitative estimate of drug-likeness (QED) is 0.910. The molecule has 2 rings (SSSR count). The fourth-order valence-corrected chi connectivity index (χ4v) is 1.87. The van der Waals surface area contributed by atoms with Gasteiger partial charge in [-0.15, -0.1) is 0 Å². The number of hydrogen-bond acceptors (Lipinski definition) is 2. The van der Waals surface area contributed by atoms with Crippen molar-refractivity contribution in [1.82, 2.24) is 10.3 Å². The SMILES string of the molecule is CC(NCc1cc(Cl)ccc1F)c1ccccn1. The maximum Gasteiger partial charge on any atom is 0.127 e. The van der Waals surface area contributed by atoms with Gasteiger partial charge >= 0.3 is 0 Å². The van der Waals surface area contributed by atoms with E-state index in [1.54, 1.807) is 18.3 Å². The van der Waals surface area contributed by atoms with Gasteiger partial charge in [-0.25, -0.2) is 4.39 Å². The zero-order valence-corrected chi connectivity index (χ0v) is 10.8. The van der Waals surface area contributed by atoms with Crippen LogP contribution in [-0.2, 0) is 6.54 Å². The fraction of sp³-hybridized carbons (Fsp3) is 0.214. The topological polar surface area (TPSA) is 24.9 Å². The van der Waals surface area contributed by atoms with Crippen molar-refractivity contribution >= 4 is 11.6 Å². The molecule has 2 aromatic rings. The van der Waals surface area contributed by atoms with E-state index in [9.17, 15) is 4.39 Å². The second-order valence-electron chi connectivity index (χ2n) is 4.09. The Morgan fingerprint density at radius 2 is 2.17 bits per heavy atom. The highest BCUT2D eigenvalue weighted by Gasteiger charge is 2.08. The van der Waals surface area contributed by atoms with Gasteiger partial charge in [0.1, 0.15) is 5.82 Å². The first kappa shape index (κ1) is 13.0. The third-order valence-corrected chi connectivity index (χ3v) is 2.97.